The third-order valence-corrected chi connectivity index (χ3v) is 2.95. The summed E-state index contributed by atoms with van der Waals surface area (Å²) in [6, 6.07) is 7.29. The first kappa shape index (κ1) is 14.0. The van der Waals surface area contributed by atoms with Gasteiger partial charge in [-0.2, -0.15) is 13.2 Å². The molecule has 2 rings (SSSR count). The summed E-state index contributed by atoms with van der Waals surface area (Å²) in [5.41, 5.74) is -0.309. The van der Waals surface area contributed by atoms with Crippen molar-refractivity contribution < 1.29 is 17.6 Å². The van der Waals surface area contributed by atoms with E-state index in [2.05, 4.69) is 21.2 Å². The number of alkyl halides is 3. The average Bonchev–Trinajstić information content (AvgIpc) is 2.71. The van der Waals surface area contributed by atoms with Crippen molar-refractivity contribution in [2.75, 3.05) is 5.32 Å². The van der Waals surface area contributed by atoms with E-state index in [9.17, 15) is 13.2 Å². The molecule has 6 heteroatoms. The number of furan rings is 1. The van der Waals surface area contributed by atoms with Gasteiger partial charge in [0.05, 0.1) is 12.1 Å². The van der Waals surface area contributed by atoms with E-state index in [1.165, 1.54) is 0 Å². The number of rotatable bonds is 3. The van der Waals surface area contributed by atoms with Crippen molar-refractivity contribution in [2.24, 2.45) is 0 Å². The predicted octanol–water partition coefficient (Wildman–Crippen LogP) is 4.98. The van der Waals surface area contributed by atoms with Gasteiger partial charge in [0.1, 0.15) is 11.5 Å². The number of anilines is 1. The number of benzene rings is 1. The third kappa shape index (κ3) is 3.76. The fourth-order valence-electron chi connectivity index (χ4n) is 1.62. The fraction of sp³-hybridized carbons (Fsp3) is 0.231. The number of nitrogens with one attached hydrogen (secondary N) is 1. The molecule has 0 saturated heterocycles. The molecule has 0 radical (unpaired) electrons. The number of aryl methyl sites for hydroxylation is 1. The molecule has 0 atom stereocenters. The van der Waals surface area contributed by atoms with Gasteiger partial charge in [-0.3, -0.25) is 0 Å². The molecule has 0 bridgehead atoms. The fourth-order valence-corrected chi connectivity index (χ4v) is 2.12. The maximum absolute atomic E-state index is 12.6. The van der Waals surface area contributed by atoms with Crippen molar-refractivity contribution in [3.63, 3.8) is 0 Å². The summed E-state index contributed by atoms with van der Waals surface area (Å²) in [6.07, 6.45) is -4.36. The molecular formula is C13H11BrF3NO. The summed E-state index contributed by atoms with van der Waals surface area (Å²) >= 11 is 3.07. The second-order valence-corrected chi connectivity index (χ2v) is 5.01. The van der Waals surface area contributed by atoms with Gasteiger partial charge in [0.15, 0.2) is 0 Å². The van der Waals surface area contributed by atoms with Gasteiger partial charge in [-0.15, -0.1) is 0 Å². The molecule has 0 amide bonds. The lowest BCUT2D eigenvalue weighted by Gasteiger charge is -2.11. The standard InChI is InChI=1S/C13H11BrF3NO/c1-8-2-3-12(19-8)7-18-11-5-9(13(15,16)17)4-10(14)6-11/h2-6,18H,7H2,1H3. The first-order valence-electron chi connectivity index (χ1n) is 5.51. The van der Waals surface area contributed by atoms with Crippen LogP contribution in [0.5, 0.6) is 0 Å². The molecule has 0 aliphatic carbocycles. The Morgan fingerprint density at radius 3 is 2.53 bits per heavy atom. The molecule has 0 saturated carbocycles. The molecule has 1 aromatic heterocycles. The first-order chi connectivity index (χ1) is 8.84. The van der Waals surface area contributed by atoms with Gasteiger partial charge in [-0.05, 0) is 37.3 Å². The van der Waals surface area contributed by atoms with Crippen LogP contribution in [0.3, 0.4) is 0 Å². The van der Waals surface area contributed by atoms with Crippen LogP contribution in [0.25, 0.3) is 0 Å². The van der Waals surface area contributed by atoms with Crippen LogP contribution >= 0.6 is 15.9 Å². The molecule has 102 valence electrons. The minimum atomic E-state index is -4.36. The Kier molecular flexibility index (Phi) is 3.89. The smallest absolute Gasteiger partial charge is 0.416 e. The zero-order valence-electron chi connectivity index (χ0n) is 10.0. The van der Waals surface area contributed by atoms with Crippen molar-refractivity contribution in [2.45, 2.75) is 19.6 Å². The molecule has 0 spiro atoms. The van der Waals surface area contributed by atoms with Gasteiger partial charge in [-0.1, -0.05) is 15.9 Å². The van der Waals surface area contributed by atoms with E-state index in [-0.39, 0.29) is 0 Å². The molecule has 1 aromatic carbocycles. The third-order valence-electron chi connectivity index (χ3n) is 2.49. The van der Waals surface area contributed by atoms with Crippen LogP contribution in [0, 0.1) is 6.92 Å². The predicted molar refractivity (Wildman–Crippen MR) is 69.9 cm³/mol. The van der Waals surface area contributed by atoms with Gasteiger partial charge in [0.25, 0.3) is 0 Å². The van der Waals surface area contributed by atoms with Crippen molar-refractivity contribution in [3.05, 3.63) is 51.9 Å². The zero-order valence-corrected chi connectivity index (χ0v) is 11.6. The summed E-state index contributed by atoms with van der Waals surface area (Å²) < 4.78 is 43.7. The highest BCUT2D eigenvalue weighted by atomic mass is 79.9. The highest BCUT2D eigenvalue weighted by Crippen LogP contribution is 2.33. The van der Waals surface area contributed by atoms with Crippen LogP contribution in [-0.4, -0.2) is 0 Å². The Balaban J connectivity index is 2.14. The molecule has 2 nitrogen and oxygen atoms in total. The van der Waals surface area contributed by atoms with Gasteiger partial charge < -0.3 is 9.73 Å². The summed E-state index contributed by atoms with van der Waals surface area (Å²) in [4.78, 5) is 0. The minimum absolute atomic E-state index is 0.335. The van der Waals surface area contributed by atoms with Gasteiger partial charge in [0.2, 0.25) is 0 Å². The van der Waals surface area contributed by atoms with E-state index in [1.807, 2.05) is 6.92 Å². The van der Waals surface area contributed by atoms with Crippen molar-refractivity contribution in [1.29, 1.82) is 0 Å². The molecule has 1 N–H and O–H groups in total. The van der Waals surface area contributed by atoms with Crippen LogP contribution in [0.15, 0.2) is 39.2 Å². The van der Waals surface area contributed by atoms with E-state index >= 15 is 0 Å². The molecule has 0 aliphatic heterocycles. The van der Waals surface area contributed by atoms with Gasteiger partial charge in [-0.25, -0.2) is 0 Å². The second-order valence-electron chi connectivity index (χ2n) is 4.09. The summed E-state index contributed by atoms with van der Waals surface area (Å²) in [5.74, 6) is 1.44. The largest absolute Gasteiger partial charge is 0.465 e. The molecule has 0 fully saturated rings. The minimum Gasteiger partial charge on any atom is -0.465 e. The van der Waals surface area contributed by atoms with E-state index in [0.29, 0.717) is 22.5 Å². The molecule has 2 aromatic rings. The lowest BCUT2D eigenvalue weighted by atomic mass is 10.2. The normalized spacial score (nSPS) is 11.6. The van der Waals surface area contributed by atoms with Crippen LogP contribution < -0.4 is 5.32 Å². The van der Waals surface area contributed by atoms with E-state index < -0.39 is 11.7 Å². The highest BCUT2D eigenvalue weighted by Gasteiger charge is 2.31. The Morgan fingerprint density at radius 1 is 1.21 bits per heavy atom. The molecule has 0 aliphatic rings. The van der Waals surface area contributed by atoms with Crippen LogP contribution in [0.1, 0.15) is 17.1 Å². The summed E-state index contributed by atoms with van der Waals surface area (Å²) in [5, 5.41) is 2.90. The SMILES string of the molecule is Cc1ccc(CNc2cc(Br)cc(C(F)(F)F)c2)o1. The van der Waals surface area contributed by atoms with Crippen molar-refractivity contribution >= 4 is 21.6 Å². The zero-order chi connectivity index (χ0) is 14.0. The lowest BCUT2D eigenvalue weighted by Crippen LogP contribution is -2.06. The van der Waals surface area contributed by atoms with Crippen molar-refractivity contribution in [3.8, 4) is 0 Å². The molecular weight excluding hydrogens is 323 g/mol. The van der Waals surface area contributed by atoms with Crippen LogP contribution in [0.4, 0.5) is 18.9 Å². The first-order valence-corrected chi connectivity index (χ1v) is 6.31. The highest BCUT2D eigenvalue weighted by molar-refractivity contribution is 9.10. The number of halogens is 4. The van der Waals surface area contributed by atoms with Crippen molar-refractivity contribution in [1.82, 2.24) is 0 Å². The Labute approximate surface area is 116 Å². The van der Waals surface area contributed by atoms with Gasteiger partial charge in [0, 0.05) is 10.2 Å². The average molecular weight is 334 g/mol. The van der Waals surface area contributed by atoms with Crippen LogP contribution in [-0.2, 0) is 12.7 Å². The van der Waals surface area contributed by atoms with Crippen LogP contribution in [0.2, 0.25) is 0 Å². The topological polar surface area (TPSA) is 25.2 Å². The monoisotopic (exact) mass is 333 g/mol. The molecule has 19 heavy (non-hydrogen) atoms. The van der Waals surface area contributed by atoms with Gasteiger partial charge >= 0.3 is 6.18 Å². The van der Waals surface area contributed by atoms with E-state index in [4.69, 9.17) is 4.42 Å². The van der Waals surface area contributed by atoms with E-state index in [0.717, 1.165) is 17.9 Å². The second kappa shape index (κ2) is 5.28. The summed E-state index contributed by atoms with van der Waals surface area (Å²) in [6.45, 7) is 2.14. The number of hydrogen-bond donors (Lipinski definition) is 1. The lowest BCUT2D eigenvalue weighted by molar-refractivity contribution is -0.137. The summed E-state index contributed by atoms with van der Waals surface area (Å²) in [7, 11) is 0. The Bertz CT molecular complexity index is 578. The quantitative estimate of drug-likeness (QED) is 0.856. The number of hydrogen-bond acceptors (Lipinski definition) is 2. The Hall–Kier alpha value is -1.43. The Morgan fingerprint density at radius 2 is 1.95 bits per heavy atom. The maximum Gasteiger partial charge on any atom is 0.416 e. The molecule has 0 unspecified atom stereocenters. The molecule has 1 heterocycles. The maximum atomic E-state index is 12.6. The van der Waals surface area contributed by atoms with E-state index in [1.54, 1.807) is 18.2 Å².